The molecule has 0 radical (unpaired) electrons. The molecule has 0 amide bonds. The Balaban J connectivity index is 1.79. The average molecular weight is 330 g/mol. The number of aromatic carboxylic acids is 1. The largest absolute Gasteiger partial charge is 0.476 e. The minimum atomic E-state index is -1.13. The average Bonchev–Trinajstić information content (AvgIpc) is 3.25. The highest BCUT2D eigenvalue weighted by molar-refractivity contribution is 5.84. The third-order valence-electron chi connectivity index (χ3n) is 4.11. The molecule has 9 heteroatoms. The molecule has 24 heavy (non-hydrogen) atoms. The lowest BCUT2D eigenvalue weighted by atomic mass is 10.2. The number of oxazole rings is 1. The number of aryl methyl sites for hydroxylation is 1. The Morgan fingerprint density at radius 2 is 2.12 bits per heavy atom. The van der Waals surface area contributed by atoms with Crippen molar-refractivity contribution in [2.75, 3.05) is 0 Å². The van der Waals surface area contributed by atoms with Gasteiger partial charge < -0.3 is 9.52 Å². The highest BCUT2D eigenvalue weighted by Crippen LogP contribution is 2.17. The highest BCUT2D eigenvalue weighted by Gasteiger charge is 2.19. The van der Waals surface area contributed by atoms with Crippen LogP contribution in [-0.2, 0) is 6.54 Å². The van der Waals surface area contributed by atoms with Gasteiger partial charge in [-0.25, -0.2) is 14.5 Å². The van der Waals surface area contributed by atoms with Crippen molar-refractivity contribution in [3.63, 3.8) is 0 Å². The zero-order valence-electron chi connectivity index (χ0n) is 13.9. The van der Waals surface area contributed by atoms with Gasteiger partial charge in [0.05, 0.1) is 18.4 Å². The summed E-state index contributed by atoms with van der Waals surface area (Å²) in [7, 11) is 0. The summed E-state index contributed by atoms with van der Waals surface area (Å²) in [6, 6.07) is -0.360. The van der Waals surface area contributed by atoms with E-state index in [1.54, 1.807) is 10.9 Å². The van der Waals surface area contributed by atoms with Gasteiger partial charge in [0.2, 0.25) is 5.89 Å². The minimum absolute atomic E-state index is 0.129. The number of nitrogens with zero attached hydrogens (tertiary/aromatic N) is 6. The SMILES string of the molecule is Cc1nn(Cc2cn(C(C)c3nc(C(=O)O)co3)nn2)c(C)c1C. The standard InChI is InChI=1S/C15H18N6O3/c1-8-9(2)18-20(10(8)3)5-12-6-21(19-17-12)11(4)14-16-13(7-24-14)15(22)23/h6-7,11H,5H2,1-4H3,(H,22,23). The van der Waals surface area contributed by atoms with E-state index in [9.17, 15) is 4.79 Å². The molecule has 1 atom stereocenters. The lowest BCUT2D eigenvalue weighted by molar-refractivity contribution is 0.0690. The van der Waals surface area contributed by atoms with Gasteiger partial charge in [-0.2, -0.15) is 5.10 Å². The van der Waals surface area contributed by atoms with E-state index in [0.717, 1.165) is 28.9 Å². The summed E-state index contributed by atoms with van der Waals surface area (Å²) in [6.07, 6.45) is 2.89. The molecule has 1 N–H and O–H groups in total. The molecule has 0 saturated carbocycles. The van der Waals surface area contributed by atoms with Crippen LogP contribution in [0.2, 0.25) is 0 Å². The predicted molar refractivity (Wildman–Crippen MR) is 82.8 cm³/mol. The number of rotatable bonds is 5. The molecule has 0 bridgehead atoms. The molecule has 0 aliphatic rings. The van der Waals surface area contributed by atoms with Crippen molar-refractivity contribution in [3.05, 3.63) is 46.7 Å². The zero-order valence-corrected chi connectivity index (χ0v) is 13.9. The second-order valence-corrected chi connectivity index (χ2v) is 5.70. The van der Waals surface area contributed by atoms with Gasteiger partial charge in [-0.3, -0.25) is 4.68 Å². The summed E-state index contributed by atoms with van der Waals surface area (Å²) in [5, 5.41) is 21.6. The van der Waals surface area contributed by atoms with Crippen molar-refractivity contribution < 1.29 is 14.3 Å². The lowest BCUT2D eigenvalue weighted by Crippen LogP contribution is -2.09. The first-order valence-electron chi connectivity index (χ1n) is 7.47. The molecule has 0 aliphatic carbocycles. The maximum absolute atomic E-state index is 10.9. The molecule has 0 saturated heterocycles. The first kappa shape index (κ1) is 15.9. The van der Waals surface area contributed by atoms with Crippen LogP contribution in [0.1, 0.15) is 52.0 Å². The third-order valence-corrected chi connectivity index (χ3v) is 4.11. The lowest BCUT2D eigenvalue weighted by Gasteiger charge is -2.05. The summed E-state index contributed by atoms with van der Waals surface area (Å²) in [5.74, 6) is -0.859. The van der Waals surface area contributed by atoms with Crippen LogP contribution >= 0.6 is 0 Å². The fraction of sp³-hybridized carbons (Fsp3) is 0.400. The Bertz CT molecular complexity index is 891. The topological polar surface area (TPSA) is 112 Å². The third kappa shape index (κ3) is 2.80. The number of hydrogen-bond donors (Lipinski definition) is 1. The molecule has 9 nitrogen and oxygen atoms in total. The molecule has 3 rings (SSSR count). The van der Waals surface area contributed by atoms with E-state index in [4.69, 9.17) is 9.52 Å². The zero-order chi connectivity index (χ0) is 17.4. The molecule has 3 aromatic heterocycles. The summed E-state index contributed by atoms with van der Waals surface area (Å²) >= 11 is 0. The van der Waals surface area contributed by atoms with Crippen molar-refractivity contribution in [3.8, 4) is 0 Å². The molecule has 3 heterocycles. The van der Waals surface area contributed by atoms with E-state index < -0.39 is 5.97 Å². The van der Waals surface area contributed by atoms with Crippen LogP contribution in [0.5, 0.6) is 0 Å². The highest BCUT2D eigenvalue weighted by atomic mass is 16.4. The van der Waals surface area contributed by atoms with Crippen molar-refractivity contribution in [2.45, 2.75) is 40.3 Å². The molecular formula is C15H18N6O3. The number of carbonyl (C=O) groups is 1. The summed E-state index contributed by atoms with van der Waals surface area (Å²) in [5.41, 5.74) is 3.87. The van der Waals surface area contributed by atoms with Gasteiger partial charge in [0.1, 0.15) is 18.0 Å². The second-order valence-electron chi connectivity index (χ2n) is 5.70. The van der Waals surface area contributed by atoms with Crippen molar-refractivity contribution in [1.29, 1.82) is 0 Å². The van der Waals surface area contributed by atoms with Gasteiger partial charge in [0, 0.05) is 5.69 Å². The fourth-order valence-electron chi connectivity index (χ4n) is 2.36. The Labute approximate surface area is 137 Å². The Morgan fingerprint density at radius 1 is 1.38 bits per heavy atom. The fourth-order valence-corrected chi connectivity index (χ4v) is 2.36. The Morgan fingerprint density at radius 3 is 2.71 bits per heavy atom. The molecule has 3 aromatic rings. The predicted octanol–water partition coefficient (Wildman–Crippen LogP) is 1.74. The first-order valence-corrected chi connectivity index (χ1v) is 7.47. The van der Waals surface area contributed by atoms with E-state index in [1.807, 2.05) is 32.4 Å². The van der Waals surface area contributed by atoms with E-state index in [2.05, 4.69) is 20.4 Å². The number of hydrogen-bond acceptors (Lipinski definition) is 6. The smallest absolute Gasteiger partial charge is 0.357 e. The van der Waals surface area contributed by atoms with Crippen molar-refractivity contribution in [1.82, 2.24) is 29.8 Å². The van der Waals surface area contributed by atoms with Gasteiger partial charge >= 0.3 is 5.97 Å². The van der Waals surface area contributed by atoms with Crippen molar-refractivity contribution >= 4 is 5.97 Å². The molecule has 0 fully saturated rings. The van der Waals surface area contributed by atoms with Crippen LogP contribution in [0.15, 0.2) is 16.9 Å². The van der Waals surface area contributed by atoms with Crippen molar-refractivity contribution in [2.24, 2.45) is 0 Å². The molecule has 0 aromatic carbocycles. The van der Waals surface area contributed by atoms with Gasteiger partial charge in [-0.05, 0) is 33.3 Å². The Hall–Kier alpha value is -2.97. The number of carboxylic acid groups (broad SMARTS) is 1. The number of carboxylic acids is 1. The van der Waals surface area contributed by atoms with E-state index in [0.29, 0.717) is 6.54 Å². The van der Waals surface area contributed by atoms with E-state index in [-0.39, 0.29) is 17.6 Å². The number of aromatic nitrogens is 6. The summed E-state index contributed by atoms with van der Waals surface area (Å²) in [4.78, 5) is 14.8. The molecule has 126 valence electrons. The van der Waals surface area contributed by atoms with Crippen LogP contribution in [0.4, 0.5) is 0 Å². The molecule has 0 spiro atoms. The maximum atomic E-state index is 10.9. The van der Waals surface area contributed by atoms with Gasteiger partial charge in [-0.15, -0.1) is 5.10 Å². The van der Waals surface area contributed by atoms with E-state index in [1.165, 1.54) is 0 Å². The van der Waals surface area contributed by atoms with Gasteiger partial charge in [0.15, 0.2) is 5.69 Å². The molecule has 1 unspecified atom stereocenters. The molecular weight excluding hydrogens is 312 g/mol. The normalized spacial score (nSPS) is 12.5. The Kier molecular flexibility index (Phi) is 3.92. The first-order chi connectivity index (χ1) is 11.4. The minimum Gasteiger partial charge on any atom is -0.476 e. The van der Waals surface area contributed by atoms with Crippen LogP contribution in [0.3, 0.4) is 0 Å². The van der Waals surface area contributed by atoms with E-state index >= 15 is 0 Å². The van der Waals surface area contributed by atoms with Crippen LogP contribution < -0.4 is 0 Å². The van der Waals surface area contributed by atoms with Crippen LogP contribution in [0.25, 0.3) is 0 Å². The maximum Gasteiger partial charge on any atom is 0.357 e. The second kappa shape index (κ2) is 5.91. The van der Waals surface area contributed by atoms with Gasteiger partial charge in [0.25, 0.3) is 0 Å². The molecule has 0 aliphatic heterocycles. The van der Waals surface area contributed by atoms with Crippen LogP contribution in [-0.4, -0.2) is 40.8 Å². The quantitative estimate of drug-likeness (QED) is 0.758. The van der Waals surface area contributed by atoms with Crippen LogP contribution in [0, 0.1) is 20.8 Å². The monoisotopic (exact) mass is 330 g/mol. The summed E-state index contributed by atoms with van der Waals surface area (Å²) in [6.45, 7) is 8.35. The van der Waals surface area contributed by atoms with Gasteiger partial charge in [-0.1, -0.05) is 5.21 Å². The summed E-state index contributed by atoms with van der Waals surface area (Å²) < 4.78 is 8.68.